The van der Waals surface area contributed by atoms with Crippen molar-refractivity contribution in [1.82, 2.24) is 0 Å². The second kappa shape index (κ2) is 6.72. The van der Waals surface area contributed by atoms with Crippen LogP contribution in [0, 0.1) is 0 Å². The van der Waals surface area contributed by atoms with Crippen LogP contribution < -0.4 is 0 Å². The third-order valence-electron chi connectivity index (χ3n) is 1.76. The van der Waals surface area contributed by atoms with Gasteiger partial charge in [0.1, 0.15) is 0 Å². The lowest BCUT2D eigenvalue weighted by molar-refractivity contribution is -0.129. The summed E-state index contributed by atoms with van der Waals surface area (Å²) in [5.41, 5.74) is 0.581. The highest BCUT2D eigenvalue weighted by Crippen LogP contribution is 2.25. The van der Waals surface area contributed by atoms with Crippen molar-refractivity contribution in [2.45, 2.75) is 6.92 Å². The van der Waals surface area contributed by atoms with E-state index < -0.39 is 5.97 Å². The predicted octanol–water partition coefficient (Wildman–Crippen LogP) is 1.22. The second-order valence-electron chi connectivity index (χ2n) is 3.02. The number of carbonyl (C=O) groups excluding carboxylic acids is 1. The number of hydrogen-bond donors (Lipinski definition) is 2. The molecule has 6 heteroatoms. The Balaban J connectivity index is 2.52. The summed E-state index contributed by atoms with van der Waals surface area (Å²) in [7, 11) is -0.314. The van der Waals surface area contributed by atoms with Gasteiger partial charge in [-0.25, -0.2) is 4.79 Å². The van der Waals surface area contributed by atoms with Crippen LogP contribution in [-0.4, -0.2) is 32.8 Å². The van der Waals surface area contributed by atoms with Crippen LogP contribution in [0.1, 0.15) is 12.5 Å². The van der Waals surface area contributed by atoms with Gasteiger partial charge in [0, 0.05) is 12.7 Å². The molecule has 0 saturated carbocycles. The van der Waals surface area contributed by atoms with Crippen molar-refractivity contribution in [3.63, 3.8) is 0 Å². The molecule has 0 aliphatic heterocycles. The van der Waals surface area contributed by atoms with Crippen LogP contribution in [0.2, 0.25) is 0 Å². The molecular formula is C11H12O5Si. The zero-order valence-electron chi connectivity index (χ0n) is 9.21. The van der Waals surface area contributed by atoms with Gasteiger partial charge in [0.15, 0.2) is 11.5 Å². The Morgan fingerprint density at radius 1 is 1.41 bits per heavy atom. The first-order valence-electron chi connectivity index (χ1n) is 4.91. The Bertz CT molecular complexity index is 416. The van der Waals surface area contributed by atoms with E-state index in [1.807, 2.05) is 0 Å². The van der Waals surface area contributed by atoms with Crippen molar-refractivity contribution >= 4 is 22.1 Å². The lowest BCUT2D eigenvalue weighted by atomic mass is 10.2. The Morgan fingerprint density at radius 2 is 2.18 bits per heavy atom. The lowest BCUT2D eigenvalue weighted by Gasteiger charge is -1.99. The van der Waals surface area contributed by atoms with Crippen molar-refractivity contribution in [2.24, 2.45) is 0 Å². The van der Waals surface area contributed by atoms with Gasteiger partial charge in [0.2, 0.25) is 0 Å². The largest absolute Gasteiger partial charge is 0.523 e. The van der Waals surface area contributed by atoms with E-state index in [0.717, 1.165) is 0 Å². The van der Waals surface area contributed by atoms with E-state index in [1.54, 1.807) is 13.0 Å². The molecule has 0 spiro atoms. The molecule has 17 heavy (non-hydrogen) atoms. The molecule has 1 aromatic rings. The fraction of sp³-hybridized carbons (Fsp3) is 0.182. The van der Waals surface area contributed by atoms with Crippen molar-refractivity contribution in [2.75, 3.05) is 6.61 Å². The monoisotopic (exact) mass is 252 g/mol. The first-order chi connectivity index (χ1) is 8.13. The molecule has 0 aromatic heterocycles. The fourth-order valence-corrected chi connectivity index (χ4v) is 1.30. The average Bonchev–Trinajstić information content (AvgIpc) is 2.31. The number of hydrogen-bond acceptors (Lipinski definition) is 5. The van der Waals surface area contributed by atoms with Crippen molar-refractivity contribution < 1.29 is 23.9 Å². The number of phenols is 2. The molecule has 0 aliphatic carbocycles. The number of aromatic hydroxyl groups is 2. The maximum atomic E-state index is 11.1. The summed E-state index contributed by atoms with van der Waals surface area (Å²) in [6, 6.07) is 4.23. The smallest absolute Gasteiger partial charge is 0.504 e. The van der Waals surface area contributed by atoms with Crippen LogP contribution in [0.3, 0.4) is 0 Å². The van der Waals surface area contributed by atoms with Crippen LogP contribution in [0.4, 0.5) is 0 Å². The van der Waals surface area contributed by atoms with Crippen LogP contribution >= 0.6 is 0 Å². The third-order valence-corrected chi connectivity index (χ3v) is 2.45. The molecule has 0 heterocycles. The number of phenolic OH excluding ortho intramolecular Hbond substituents is 2. The van der Waals surface area contributed by atoms with Gasteiger partial charge < -0.3 is 19.1 Å². The van der Waals surface area contributed by atoms with Crippen LogP contribution in [-0.2, 0) is 13.6 Å². The van der Waals surface area contributed by atoms with E-state index in [0.29, 0.717) is 12.2 Å². The minimum absolute atomic E-state index is 0.206. The normalized spacial score (nSPS) is 10.6. The molecule has 1 aromatic carbocycles. The molecule has 0 fully saturated rings. The summed E-state index contributed by atoms with van der Waals surface area (Å²) < 4.78 is 9.59. The summed E-state index contributed by atoms with van der Waals surface area (Å²) in [4.78, 5) is 11.1. The van der Waals surface area contributed by atoms with Crippen molar-refractivity contribution in [3.05, 3.63) is 29.8 Å². The molecule has 0 unspecified atom stereocenters. The minimum Gasteiger partial charge on any atom is -0.504 e. The maximum Gasteiger partial charge on any atom is 0.523 e. The molecular weight excluding hydrogens is 240 g/mol. The van der Waals surface area contributed by atoms with Gasteiger partial charge in [-0.1, -0.05) is 6.07 Å². The number of benzene rings is 1. The first kappa shape index (κ1) is 13.3. The van der Waals surface area contributed by atoms with Gasteiger partial charge in [-0.15, -0.1) is 0 Å². The molecule has 0 aliphatic rings. The summed E-state index contributed by atoms with van der Waals surface area (Å²) in [6.07, 6.45) is 2.69. The topological polar surface area (TPSA) is 76.0 Å². The Hall–Kier alpha value is -1.79. The van der Waals surface area contributed by atoms with Gasteiger partial charge in [-0.3, -0.25) is 0 Å². The van der Waals surface area contributed by atoms with Gasteiger partial charge in [0.05, 0.1) is 0 Å². The van der Waals surface area contributed by atoms with E-state index >= 15 is 0 Å². The SMILES string of the molecule is CCO[Si]OC(=O)/C=C/c1ccc(O)c(O)c1. The molecule has 90 valence electrons. The molecule has 2 radical (unpaired) electrons. The average molecular weight is 252 g/mol. The van der Waals surface area contributed by atoms with Crippen LogP contribution in [0.25, 0.3) is 6.08 Å². The fourth-order valence-electron chi connectivity index (χ4n) is 0.972. The molecule has 2 N–H and O–H groups in total. The standard InChI is InChI=1S/C11H12O5Si/c1-2-15-17-16-11(14)6-4-8-3-5-9(12)10(13)7-8/h3-7,12-13H,2H2,1H3/b6-4+. The van der Waals surface area contributed by atoms with Crippen LogP contribution in [0.5, 0.6) is 11.5 Å². The Morgan fingerprint density at radius 3 is 2.82 bits per heavy atom. The first-order valence-corrected chi connectivity index (χ1v) is 5.72. The second-order valence-corrected chi connectivity index (χ2v) is 3.68. The molecule has 0 atom stereocenters. The van der Waals surface area contributed by atoms with Crippen molar-refractivity contribution in [3.8, 4) is 11.5 Å². The lowest BCUT2D eigenvalue weighted by Crippen LogP contribution is -2.09. The molecule has 0 amide bonds. The Labute approximate surface area is 101 Å². The predicted molar refractivity (Wildman–Crippen MR) is 62.3 cm³/mol. The molecule has 1 rings (SSSR count). The molecule has 5 nitrogen and oxygen atoms in total. The summed E-state index contributed by atoms with van der Waals surface area (Å²) >= 11 is 0. The van der Waals surface area contributed by atoms with Crippen LogP contribution in [0.15, 0.2) is 24.3 Å². The summed E-state index contributed by atoms with van der Waals surface area (Å²) in [5, 5.41) is 18.3. The minimum atomic E-state index is -0.524. The molecule has 0 saturated heterocycles. The van der Waals surface area contributed by atoms with Gasteiger partial charge >= 0.3 is 16.0 Å². The van der Waals surface area contributed by atoms with E-state index in [-0.39, 0.29) is 21.5 Å². The summed E-state index contributed by atoms with van der Waals surface area (Å²) in [5.74, 6) is -0.969. The molecule has 0 bridgehead atoms. The van der Waals surface area contributed by atoms with E-state index in [1.165, 1.54) is 24.3 Å². The zero-order valence-corrected chi connectivity index (χ0v) is 10.2. The van der Waals surface area contributed by atoms with Gasteiger partial charge in [-0.2, -0.15) is 0 Å². The number of carbonyl (C=O) groups is 1. The number of rotatable bonds is 5. The van der Waals surface area contributed by atoms with Crippen molar-refractivity contribution in [1.29, 1.82) is 0 Å². The van der Waals surface area contributed by atoms with E-state index in [9.17, 15) is 9.90 Å². The highest BCUT2D eigenvalue weighted by Gasteiger charge is 2.01. The summed E-state index contributed by atoms with van der Waals surface area (Å²) in [6.45, 7) is 2.29. The Kier molecular flexibility index (Phi) is 5.24. The van der Waals surface area contributed by atoms with Gasteiger partial charge in [-0.05, 0) is 30.7 Å². The third kappa shape index (κ3) is 4.71. The highest BCUT2D eigenvalue weighted by molar-refractivity contribution is 6.23. The van der Waals surface area contributed by atoms with E-state index in [2.05, 4.69) is 0 Å². The van der Waals surface area contributed by atoms with E-state index in [4.69, 9.17) is 14.0 Å². The quantitative estimate of drug-likeness (QED) is 0.357. The highest BCUT2D eigenvalue weighted by atomic mass is 28.3. The maximum absolute atomic E-state index is 11.1. The zero-order chi connectivity index (χ0) is 12.7. The van der Waals surface area contributed by atoms with Gasteiger partial charge in [0.25, 0.3) is 0 Å².